The second kappa shape index (κ2) is 8.60. The molecule has 1 atom stereocenters. The number of carbonyl (C=O) groups is 4. The lowest BCUT2D eigenvalue weighted by Crippen LogP contribution is -2.41. The first-order valence-electron chi connectivity index (χ1n) is 10.5. The molecule has 2 amide bonds. The molecule has 2 aliphatic rings. The van der Waals surface area contributed by atoms with Crippen LogP contribution in [0.3, 0.4) is 0 Å². The minimum Gasteiger partial charge on any atom is -0.477 e. The van der Waals surface area contributed by atoms with Crippen LogP contribution >= 0.6 is 15.9 Å². The van der Waals surface area contributed by atoms with Crippen LogP contribution in [0.5, 0.6) is 0 Å². The van der Waals surface area contributed by atoms with Crippen molar-refractivity contribution in [1.82, 2.24) is 9.47 Å². The SMILES string of the molecule is CC(=O)c1c(C)c(C(=O)O)n(C(C(N)=O)N2CCCC2)c1C=C1C(=O)Nc2ccc(Br)cc21. The number of aromatic carboxylic acids is 1. The fraction of sp³-hybridized carbons (Fsp3) is 0.304. The quantitative estimate of drug-likeness (QED) is 0.400. The number of rotatable bonds is 6. The molecule has 1 saturated heterocycles. The number of hydrogen-bond donors (Lipinski definition) is 3. The Hall–Kier alpha value is -3.24. The molecule has 1 unspecified atom stereocenters. The Morgan fingerprint density at radius 3 is 2.48 bits per heavy atom. The maximum atomic E-state index is 12.8. The van der Waals surface area contributed by atoms with Gasteiger partial charge in [-0.2, -0.15) is 0 Å². The van der Waals surface area contributed by atoms with Crippen LogP contribution in [0.15, 0.2) is 22.7 Å². The molecule has 1 aromatic carbocycles. The van der Waals surface area contributed by atoms with E-state index in [-0.39, 0.29) is 33.9 Å². The van der Waals surface area contributed by atoms with Gasteiger partial charge in [0.15, 0.2) is 11.9 Å². The number of ketones is 1. The summed E-state index contributed by atoms with van der Waals surface area (Å²) in [5, 5.41) is 12.8. The van der Waals surface area contributed by atoms with E-state index in [0.29, 0.717) is 24.3 Å². The van der Waals surface area contributed by atoms with Gasteiger partial charge in [0.25, 0.3) is 11.8 Å². The number of fused-ring (bicyclic) bond motifs is 1. The van der Waals surface area contributed by atoms with Crippen LogP contribution < -0.4 is 11.1 Å². The normalized spacial score (nSPS) is 17.8. The van der Waals surface area contributed by atoms with Crippen molar-refractivity contribution in [3.05, 3.63) is 50.8 Å². The number of anilines is 1. The number of hydrogen-bond acceptors (Lipinski definition) is 5. The standard InChI is InChI=1S/C23H23BrN4O5/c1-11-18(12(2)29)17(10-15-14-9-13(24)5-6-16(14)26-21(15)31)28(19(11)23(32)33)22(20(25)30)27-7-3-4-8-27/h5-6,9-10,22H,3-4,7-8H2,1-2H3,(H2,25,30)(H,26,31)(H,32,33). The number of Topliss-reactive ketones (excluding diaryl/α,β-unsaturated/α-hetero) is 1. The zero-order chi connectivity index (χ0) is 24.0. The largest absolute Gasteiger partial charge is 0.477 e. The van der Waals surface area contributed by atoms with Crippen LogP contribution in [-0.4, -0.2) is 51.2 Å². The summed E-state index contributed by atoms with van der Waals surface area (Å²) in [6, 6.07) is 5.29. The van der Waals surface area contributed by atoms with Crippen LogP contribution in [0.4, 0.5) is 5.69 Å². The second-order valence-electron chi connectivity index (χ2n) is 8.19. The summed E-state index contributed by atoms with van der Waals surface area (Å²) in [7, 11) is 0. The Morgan fingerprint density at radius 1 is 1.24 bits per heavy atom. The Kier molecular flexibility index (Phi) is 5.98. The maximum Gasteiger partial charge on any atom is 0.352 e. The highest BCUT2D eigenvalue weighted by molar-refractivity contribution is 9.10. The van der Waals surface area contributed by atoms with Gasteiger partial charge in [-0.05, 0) is 56.5 Å². The van der Waals surface area contributed by atoms with Crippen LogP contribution in [0.1, 0.15) is 63.6 Å². The first kappa shape index (κ1) is 22.9. The number of nitrogens with zero attached hydrogens (tertiary/aromatic N) is 2. The molecule has 0 saturated carbocycles. The molecule has 0 spiro atoms. The molecule has 10 heteroatoms. The zero-order valence-corrected chi connectivity index (χ0v) is 19.7. The van der Waals surface area contributed by atoms with Gasteiger partial charge in [-0.25, -0.2) is 4.79 Å². The molecule has 4 N–H and O–H groups in total. The van der Waals surface area contributed by atoms with E-state index in [9.17, 15) is 24.3 Å². The average molecular weight is 515 g/mol. The van der Waals surface area contributed by atoms with Crippen LogP contribution in [-0.2, 0) is 9.59 Å². The highest BCUT2D eigenvalue weighted by Crippen LogP contribution is 2.38. The van der Waals surface area contributed by atoms with E-state index < -0.39 is 23.9 Å². The predicted molar refractivity (Wildman–Crippen MR) is 126 cm³/mol. The van der Waals surface area contributed by atoms with Gasteiger partial charge in [-0.15, -0.1) is 0 Å². The van der Waals surface area contributed by atoms with E-state index in [4.69, 9.17) is 5.73 Å². The van der Waals surface area contributed by atoms with Crippen LogP contribution in [0, 0.1) is 6.92 Å². The van der Waals surface area contributed by atoms with Crippen molar-refractivity contribution in [3.63, 3.8) is 0 Å². The fourth-order valence-corrected chi connectivity index (χ4v) is 5.09. The molecular weight excluding hydrogens is 492 g/mol. The average Bonchev–Trinajstić information content (AvgIpc) is 3.41. The molecule has 0 radical (unpaired) electrons. The number of amides is 2. The lowest BCUT2D eigenvalue weighted by Gasteiger charge is -2.28. The Bertz CT molecular complexity index is 1240. The van der Waals surface area contributed by atoms with Crippen molar-refractivity contribution in [2.45, 2.75) is 32.9 Å². The molecular formula is C23H23BrN4O5. The molecule has 0 aliphatic carbocycles. The van der Waals surface area contributed by atoms with Gasteiger partial charge in [0, 0.05) is 34.4 Å². The minimum absolute atomic E-state index is 0.140. The summed E-state index contributed by atoms with van der Waals surface area (Å²) >= 11 is 3.40. The number of halogens is 1. The summed E-state index contributed by atoms with van der Waals surface area (Å²) in [5.74, 6) is -2.79. The van der Waals surface area contributed by atoms with E-state index in [1.807, 2.05) is 0 Å². The number of likely N-dealkylation sites (tertiary alicyclic amines) is 1. The van der Waals surface area contributed by atoms with E-state index in [0.717, 1.165) is 17.3 Å². The van der Waals surface area contributed by atoms with E-state index in [1.165, 1.54) is 24.5 Å². The molecule has 0 bridgehead atoms. The van der Waals surface area contributed by atoms with E-state index in [2.05, 4.69) is 21.2 Å². The van der Waals surface area contributed by atoms with E-state index in [1.54, 1.807) is 23.1 Å². The van der Waals surface area contributed by atoms with Gasteiger partial charge in [0.2, 0.25) is 0 Å². The zero-order valence-electron chi connectivity index (χ0n) is 18.1. The summed E-state index contributed by atoms with van der Waals surface area (Å²) < 4.78 is 2.05. The monoisotopic (exact) mass is 514 g/mol. The molecule has 1 fully saturated rings. The molecule has 33 heavy (non-hydrogen) atoms. The molecule has 172 valence electrons. The Balaban J connectivity index is 2.05. The summed E-state index contributed by atoms with van der Waals surface area (Å²) in [5.41, 5.74) is 7.56. The van der Waals surface area contributed by atoms with Crippen molar-refractivity contribution in [3.8, 4) is 0 Å². The molecule has 9 nitrogen and oxygen atoms in total. The number of benzene rings is 1. The van der Waals surface area contributed by atoms with Crippen molar-refractivity contribution >= 4 is 56.8 Å². The van der Waals surface area contributed by atoms with Crippen molar-refractivity contribution in [1.29, 1.82) is 0 Å². The fourth-order valence-electron chi connectivity index (χ4n) is 4.73. The van der Waals surface area contributed by atoms with Gasteiger partial charge in [-0.1, -0.05) is 15.9 Å². The third-order valence-corrected chi connectivity index (χ3v) is 6.57. The predicted octanol–water partition coefficient (Wildman–Crippen LogP) is 3.03. The minimum atomic E-state index is -1.29. The number of nitrogens with one attached hydrogen (secondary N) is 1. The van der Waals surface area contributed by atoms with Gasteiger partial charge in [0.05, 0.1) is 11.3 Å². The Morgan fingerprint density at radius 2 is 1.91 bits per heavy atom. The lowest BCUT2D eigenvalue weighted by molar-refractivity contribution is -0.126. The molecule has 3 heterocycles. The summed E-state index contributed by atoms with van der Waals surface area (Å²) in [6.07, 6.45) is 2.05. The summed E-state index contributed by atoms with van der Waals surface area (Å²) in [6.45, 7) is 3.98. The molecule has 4 rings (SSSR count). The molecule has 1 aromatic heterocycles. The highest BCUT2D eigenvalue weighted by atomic mass is 79.9. The van der Waals surface area contributed by atoms with Gasteiger partial charge in [0.1, 0.15) is 5.69 Å². The van der Waals surface area contributed by atoms with E-state index >= 15 is 0 Å². The third-order valence-electron chi connectivity index (χ3n) is 6.07. The highest BCUT2D eigenvalue weighted by Gasteiger charge is 2.37. The summed E-state index contributed by atoms with van der Waals surface area (Å²) in [4.78, 5) is 52.2. The van der Waals surface area contributed by atoms with Crippen LogP contribution in [0.25, 0.3) is 11.6 Å². The van der Waals surface area contributed by atoms with Gasteiger partial charge < -0.3 is 20.7 Å². The molecule has 2 aliphatic heterocycles. The van der Waals surface area contributed by atoms with Crippen molar-refractivity contribution < 1.29 is 24.3 Å². The number of aromatic nitrogens is 1. The van der Waals surface area contributed by atoms with Crippen LogP contribution in [0.2, 0.25) is 0 Å². The number of carboxylic acids is 1. The van der Waals surface area contributed by atoms with Gasteiger partial charge >= 0.3 is 5.97 Å². The molecule has 2 aromatic rings. The Labute approximate surface area is 198 Å². The lowest BCUT2D eigenvalue weighted by atomic mass is 10.0. The van der Waals surface area contributed by atoms with Gasteiger partial charge in [-0.3, -0.25) is 19.3 Å². The number of carboxylic acid groups (broad SMARTS) is 1. The number of nitrogens with two attached hydrogens (primary N) is 1. The number of primary amides is 1. The van der Waals surface area contributed by atoms with Crippen molar-refractivity contribution in [2.24, 2.45) is 5.73 Å². The first-order valence-corrected chi connectivity index (χ1v) is 11.3. The topological polar surface area (TPSA) is 135 Å². The first-order chi connectivity index (χ1) is 15.6. The maximum absolute atomic E-state index is 12.8. The third kappa shape index (κ3) is 3.89. The number of carbonyl (C=O) groups excluding carboxylic acids is 3. The van der Waals surface area contributed by atoms with Crippen molar-refractivity contribution in [2.75, 3.05) is 18.4 Å². The smallest absolute Gasteiger partial charge is 0.352 e. The second-order valence-corrected chi connectivity index (χ2v) is 9.10.